The standard InChI is InChI=1S/C18H34IO3P/c1-3-4-5-6-7-8-13(2)9-10-14-15-11-18(20)21-16(15)12-17(14)22-23-19/h13-18,20,23H,3-12H2,1-2H3/t13?,14-,15-,16+,17-,18?/m1/s1. The Morgan fingerprint density at radius 2 is 2.00 bits per heavy atom. The zero-order valence-electron chi connectivity index (χ0n) is 14.7. The fourth-order valence-corrected chi connectivity index (χ4v) is 5.78. The second-order valence-electron chi connectivity index (χ2n) is 7.55. The molecule has 0 amide bonds. The molecule has 0 bridgehead atoms. The van der Waals surface area contributed by atoms with Gasteiger partial charge in [-0.2, -0.15) is 0 Å². The van der Waals surface area contributed by atoms with E-state index in [-0.39, 0.29) is 6.10 Å². The Morgan fingerprint density at radius 3 is 2.74 bits per heavy atom. The molecule has 23 heavy (non-hydrogen) atoms. The molecule has 0 aromatic rings. The molecule has 2 aliphatic rings. The normalized spacial score (nSPS) is 35.2. The number of halogens is 1. The molecule has 5 heteroatoms. The van der Waals surface area contributed by atoms with Gasteiger partial charge in [0.1, 0.15) is 0 Å². The smallest absolute Gasteiger partial charge is 0.155 e. The summed E-state index contributed by atoms with van der Waals surface area (Å²) >= 11 is 2.32. The van der Waals surface area contributed by atoms with Gasteiger partial charge in [0, 0.05) is 12.8 Å². The lowest BCUT2D eigenvalue weighted by Gasteiger charge is -2.24. The molecule has 3 unspecified atom stereocenters. The van der Waals surface area contributed by atoms with Gasteiger partial charge in [0.05, 0.1) is 18.7 Å². The van der Waals surface area contributed by atoms with Crippen LogP contribution >= 0.6 is 28.5 Å². The second kappa shape index (κ2) is 10.9. The van der Waals surface area contributed by atoms with Crippen molar-refractivity contribution in [2.75, 3.05) is 0 Å². The summed E-state index contributed by atoms with van der Waals surface area (Å²) in [6.07, 6.45) is 12.6. The van der Waals surface area contributed by atoms with Gasteiger partial charge in [-0.15, -0.1) is 0 Å². The number of hydrogen-bond acceptors (Lipinski definition) is 3. The second-order valence-corrected chi connectivity index (χ2v) is 9.26. The minimum absolute atomic E-state index is 0.233. The summed E-state index contributed by atoms with van der Waals surface area (Å²) in [6, 6.07) is 0. The van der Waals surface area contributed by atoms with E-state index in [1.807, 2.05) is 0 Å². The van der Waals surface area contributed by atoms with Gasteiger partial charge in [0.25, 0.3) is 0 Å². The van der Waals surface area contributed by atoms with Crippen LogP contribution in [0.3, 0.4) is 0 Å². The van der Waals surface area contributed by atoms with E-state index in [9.17, 15) is 5.11 Å². The number of aliphatic hydroxyl groups is 1. The molecule has 0 aromatic carbocycles. The summed E-state index contributed by atoms with van der Waals surface area (Å²) in [5.74, 6) is 1.91. The van der Waals surface area contributed by atoms with Gasteiger partial charge >= 0.3 is 0 Å². The van der Waals surface area contributed by atoms with E-state index >= 15 is 0 Å². The van der Waals surface area contributed by atoms with E-state index in [1.165, 1.54) is 51.4 Å². The van der Waals surface area contributed by atoms with Crippen molar-refractivity contribution in [3.8, 4) is 0 Å². The molecule has 7 atom stereocenters. The minimum atomic E-state index is -0.536. The lowest BCUT2D eigenvalue weighted by Crippen LogP contribution is -2.22. The summed E-state index contributed by atoms with van der Waals surface area (Å²) in [4.78, 5) is 0. The van der Waals surface area contributed by atoms with E-state index in [1.54, 1.807) is 0 Å². The molecule has 1 heterocycles. The van der Waals surface area contributed by atoms with Crippen molar-refractivity contribution in [2.45, 2.75) is 96.6 Å². The van der Waals surface area contributed by atoms with Crippen LogP contribution in [0.15, 0.2) is 0 Å². The molecule has 0 radical (unpaired) electrons. The van der Waals surface area contributed by atoms with Crippen LogP contribution in [-0.4, -0.2) is 23.6 Å². The van der Waals surface area contributed by atoms with Crippen molar-refractivity contribution in [1.82, 2.24) is 0 Å². The van der Waals surface area contributed by atoms with E-state index in [2.05, 4.69) is 35.9 Å². The highest BCUT2D eigenvalue weighted by Crippen LogP contribution is 2.48. The van der Waals surface area contributed by atoms with Gasteiger partial charge in [-0.3, -0.25) is 0 Å². The summed E-state index contributed by atoms with van der Waals surface area (Å²) in [5, 5.41) is 9.77. The highest BCUT2D eigenvalue weighted by molar-refractivity contribution is 14.2. The van der Waals surface area contributed by atoms with Crippen LogP contribution in [0.25, 0.3) is 0 Å². The SMILES string of the molecule is CCCCCCCC(C)CC[C@@H]1[C@H]2CC(O)O[C@H]2C[C@H]1OPI. The monoisotopic (exact) mass is 456 g/mol. The zero-order valence-corrected chi connectivity index (χ0v) is 17.8. The van der Waals surface area contributed by atoms with Crippen molar-refractivity contribution >= 4 is 28.5 Å². The number of rotatable bonds is 11. The van der Waals surface area contributed by atoms with Crippen LogP contribution in [0.4, 0.5) is 0 Å². The molecule has 136 valence electrons. The van der Waals surface area contributed by atoms with Crippen molar-refractivity contribution in [1.29, 1.82) is 0 Å². The summed E-state index contributed by atoms with van der Waals surface area (Å²) in [7, 11) is 0. The molecule has 2 rings (SSSR count). The van der Waals surface area contributed by atoms with Gasteiger partial charge in [-0.25, -0.2) is 0 Å². The Morgan fingerprint density at radius 1 is 1.22 bits per heavy atom. The van der Waals surface area contributed by atoms with Crippen LogP contribution in [0, 0.1) is 17.8 Å². The Labute approximate surface area is 157 Å². The highest BCUT2D eigenvalue weighted by atomic mass is 127. The Balaban J connectivity index is 1.71. The molecular weight excluding hydrogens is 422 g/mol. The Bertz CT molecular complexity index is 331. The predicted octanol–water partition coefficient (Wildman–Crippen LogP) is 5.84. The molecule has 1 aliphatic heterocycles. The van der Waals surface area contributed by atoms with E-state index in [0.717, 1.165) is 18.8 Å². The van der Waals surface area contributed by atoms with E-state index in [0.29, 0.717) is 24.4 Å². The quantitative estimate of drug-likeness (QED) is 0.241. The van der Waals surface area contributed by atoms with Crippen LogP contribution in [0.1, 0.15) is 78.1 Å². The molecule has 1 saturated carbocycles. The van der Waals surface area contributed by atoms with Crippen LogP contribution in [0.5, 0.6) is 0 Å². The molecule has 0 spiro atoms. The Kier molecular flexibility index (Phi) is 9.65. The number of unbranched alkanes of at least 4 members (excludes halogenated alkanes) is 4. The molecule has 2 fully saturated rings. The largest absolute Gasteiger partial charge is 0.368 e. The lowest BCUT2D eigenvalue weighted by atomic mass is 9.85. The minimum Gasteiger partial charge on any atom is -0.368 e. The zero-order chi connectivity index (χ0) is 16.7. The summed E-state index contributed by atoms with van der Waals surface area (Å²) < 4.78 is 11.7. The third-order valence-electron chi connectivity index (χ3n) is 5.76. The maximum absolute atomic E-state index is 9.77. The van der Waals surface area contributed by atoms with Gasteiger partial charge in [0.15, 0.2) is 6.29 Å². The molecule has 1 N–H and O–H groups in total. The highest BCUT2D eigenvalue weighted by Gasteiger charge is 2.49. The fourth-order valence-electron chi connectivity index (χ4n) is 4.41. The van der Waals surface area contributed by atoms with E-state index < -0.39 is 6.29 Å². The maximum Gasteiger partial charge on any atom is 0.155 e. The molecular formula is C18H34IO3P. The Hall–Kier alpha value is 1.04. The average molecular weight is 456 g/mol. The van der Waals surface area contributed by atoms with Crippen molar-refractivity contribution in [2.24, 2.45) is 17.8 Å². The van der Waals surface area contributed by atoms with Crippen molar-refractivity contribution in [3.63, 3.8) is 0 Å². The molecule has 3 nitrogen and oxygen atoms in total. The molecule has 1 saturated heterocycles. The topological polar surface area (TPSA) is 38.7 Å². The third kappa shape index (κ3) is 6.36. The first-order valence-electron chi connectivity index (χ1n) is 9.50. The van der Waals surface area contributed by atoms with Crippen molar-refractivity contribution < 1.29 is 14.4 Å². The number of ether oxygens (including phenoxy) is 1. The van der Waals surface area contributed by atoms with Gasteiger partial charge in [-0.05, 0) is 46.2 Å². The summed E-state index contributed by atoms with van der Waals surface area (Å²) in [5.41, 5.74) is 0. The van der Waals surface area contributed by atoms with Crippen molar-refractivity contribution in [3.05, 3.63) is 0 Å². The predicted molar refractivity (Wildman–Crippen MR) is 106 cm³/mol. The third-order valence-corrected chi connectivity index (χ3v) is 6.92. The van der Waals surface area contributed by atoms with Gasteiger partial charge < -0.3 is 14.4 Å². The molecule has 0 aromatic heterocycles. The number of aliphatic hydroxyl groups excluding tert-OH is 1. The fraction of sp³-hybridized carbons (Fsp3) is 1.00. The van der Waals surface area contributed by atoms with Crippen LogP contribution < -0.4 is 0 Å². The van der Waals surface area contributed by atoms with Gasteiger partial charge in [0.2, 0.25) is 0 Å². The van der Waals surface area contributed by atoms with Crippen LogP contribution in [-0.2, 0) is 9.26 Å². The summed E-state index contributed by atoms with van der Waals surface area (Å²) in [6.45, 7) is 5.21. The van der Waals surface area contributed by atoms with Gasteiger partial charge in [-0.1, -0.05) is 58.8 Å². The first kappa shape index (κ1) is 20.4. The first-order valence-corrected chi connectivity index (χ1v) is 13.5. The maximum atomic E-state index is 9.77. The lowest BCUT2D eigenvalue weighted by molar-refractivity contribution is -0.0939. The van der Waals surface area contributed by atoms with E-state index in [4.69, 9.17) is 9.26 Å². The molecule has 1 aliphatic carbocycles. The number of fused-ring (bicyclic) bond motifs is 1. The first-order chi connectivity index (χ1) is 11.2. The number of hydrogen-bond donors (Lipinski definition) is 1. The average Bonchev–Trinajstić information content (AvgIpc) is 3.01. The van der Waals surface area contributed by atoms with Crippen LogP contribution in [0.2, 0.25) is 0 Å².